The molecule has 0 aromatic heterocycles. The zero-order valence-corrected chi connectivity index (χ0v) is 12.2. The molecule has 1 fully saturated rings. The lowest BCUT2D eigenvalue weighted by Crippen LogP contribution is -2.38. The average Bonchev–Trinajstić information content (AvgIpc) is 2.46. The van der Waals surface area contributed by atoms with Crippen LogP contribution >= 0.6 is 11.6 Å². The lowest BCUT2D eigenvalue weighted by atomic mass is 10.0. The van der Waals surface area contributed by atoms with E-state index in [1.807, 2.05) is 12.1 Å². The zero-order chi connectivity index (χ0) is 13.5. The Hall–Kier alpha value is -0.970. The Morgan fingerprint density at radius 2 is 1.84 bits per heavy atom. The van der Waals surface area contributed by atoms with E-state index in [1.165, 1.54) is 37.9 Å². The van der Waals surface area contributed by atoms with Crippen LogP contribution in [0, 0.1) is 12.3 Å². The van der Waals surface area contributed by atoms with Gasteiger partial charge < -0.3 is 0 Å². The molecule has 0 bridgehead atoms. The zero-order valence-electron chi connectivity index (χ0n) is 11.4. The summed E-state index contributed by atoms with van der Waals surface area (Å²) in [6.07, 6.45) is 13.0. The van der Waals surface area contributed by atoms with Gasteiger partial charge in [0.25, 0.3) is 0 Å². The van der Waals surface area contributed by atoms with E-state index in [1.54, 1.807) is 0 Å². The predicted octanol–water partition coefficient (Wildman–Crippen LogP) is 4.15. The van der Waals surface area contributed by atoms with Crippen molar-refractivity contribution in [2.24, 2.45) is 0 Å². The number of hydrogen-bond acceptors (Lipinski definition) is 1. The molecule has 1 atom stereocenters. The van der Waals surface area contributed by atoms with Gasteiger partial charge in [0, 0.05) is 5.02 Å². The average molecular weight is 276 g/mol. The summed E-state index contributed by atoms with van der Waals surface area (Å²) in [7, 11) is 0. The van der Waals surface area contributed by atoms with Crippen molar-refractivity contribution < 1.29 is 0 Å². The molecule has 1 aromatic rings. The molecule has 19 heavy (non-hydrogen) atoms. The van der Waals surface area contributed by atoms with Gasteiger partial charge in [-0.25, -0.2) is 0 Å². The smallest absolute Gasteiger partial charge is 0.0712 e. The first-order valence-electron chi connectivity index (χ1n) is 7.24. The number of aryl methyl sites for hydroxylation is 1. The Morgan fingerprint density at radius 3 is 2.47 bits per heavy atom. The van der Waals surface area contributed by atoms with Crippen molar-refractivity contribution in [1.29, 1.82) is 0 Å². The van der Waals surface area contributed by atoms with Crippen molar-refractivity contribution in [3.63, 3.8) is 0 Å². The molecule has 1 unspecified atom stereocenters. The lowest BCUT2D eigenvalue weighted by Gasteiger charge is -2.31. The van der Waals surface area contributed by atoms with Crippen LogP contribution in [0.4, 0.5) is 0 Å². The van der Waals surface area contributed by atoms with E-state index < -0.39 is 0 Å². The molecule has 1 saturated heterocycles. The van der Waals surface area contributed by atoms with E-state index in [0.29, 0.717) is 6.04 Å². The molecule has 0 N–H and O–H groups in total. The van der Waals surface area contributed by atoms with Crippen LogP contribution in [0.3, 0.4) is 0 Å². The van der Waals surface area contributed by atoms with Gasteiger partial charge in [-0.1, -0.05) is 36.1 Å². The maximum atomic E-state index is 5.89. The van der Waals surface area contributed by atoms with Gasteiger partial charge in [0.05, 0.1) is 6.04 Å². The third kappa shape index (κ3) is 4.56. The molecule has 1 nitrogen and oxygen atoms in total. The molecule has 0 saturated carbocycles. The summed E-state index contributed by atoms with van der Waals surface area (Å²) < 4.78 is 0. The summed E-state index contributed by atoms with van der Waals surface area (Å²) in [6, 6.07) is 8.45. The molecule has 2 rings (SSSR count). The normalized spacial score (nSPS) is 17.9. The molecule has 0 amide bonds. The Bertz CT molecular complexity index is 412. The topological polar surface area (TPSA) is 3.24 Å². The largest absolute Gasteiger partial charge is 0.290 e. The summed E-state index contributed by atoms with van der Waals surface area (Å²) in [5.41, 5.74) is 1.35. The van der Waals surface area contributed by atoms with Gasteiger partial charge in [-0.3, -0.25) is 4.90 Å². The van der Waals surface area contributed by atoms with Crippen molar-refractivity contribution >= 4 is 11.6 Å². The second kappa shape index (κ2) is 7.58. The van der Waals surface area contributed by atoms with E-state index >= 15 is 0 Å². The second-order valence-electron chi connectivity index (χ2n) is 5.30. The highest BCUT2D eigenvalue weighted by Crippen LogP contribution is 2.17. The number of piperidine rings is 1. The van der Waals surface area contributed by atoms with Crippen LogP contribution in [0.5, 0.6) is 0 Å². The summed E-state index contributed by atoms with van der Waals surface area (Å²) >= 11 is 5.89. The van der Waals surface area contributed by atoms with E-state index in [4.69, 9.17) is 18.0 Å². The van der Waals surface area contributed by atoms with Crippen LogP contribution in [0.25, 0.3) is 0 Å². The monoisotopic (exact) mass is 275 g/mol. The fourth-order valence-electron chi connectivity index (χ4n) is 2.75. The Morgan fingerprint density at radius 1 is 1.16 bits per heavy atom. The van der Waals surface area contributed by atoms with Crippen LogP contribution < -0.4 is 0 Å². The van der Waals surface area contributed by atoms with Crippen LogP contribution in [-0.2, 0) is 6.42 Å². The molecule has 1 heterocycles. The SMILES string of the molecule is C#CC(CCCc1ccc(Cl)cc1)N1CCCCC1. The highest BCUT2D eigenvalue weighted by atomic mass is 35.5. The number of benzene rings is 1. The maximum Gasteiger partial charge on any atom is 0.0712 e. The highest BCUT2D eigenvalue weighted by molar-refractivity contribution is 6.30. The molecule has 1 aliphatic rings. The molecular formula is C17H22ClN. The van der Waals surface area contributed by atoms with Crippen molar-refractivity contribution in [3.8, 4) is 12.3 Å². The third-order valence-corrected chi connectivity index (χ3v) is 4.13. The fraction of sp³-hybridized carbons (Fsp3) is 0.529. The molecule has 2 heteroatoms. The minimum atomic E-state index is 0.326. The third-order valence-electron chi connectivity index (χ3n) is 3.88. The quantitative estimate of drug-likeness (QED) is 0.730. The van der Waals surface area contributed by atoms with Crippen LogP contribution in [0.1, 0.15) is 37.7 Å². The van der Waals surface area contributed by atoms with Crippen molar-refractivity contribution in [2.75, 3.05) is 13.1 Å². The van der Waals surface area contributed by atoms with Gasteiger partial charge in [-0.15, -0.1) is 6.42 Å². The van der Waals surface area contributed by atoms with E-state index in [-0.39, 0.29) is 0 Å². The van der Waals surface area contributed by atoms with Gasteiger partial charge in [0.1, 0.15) is 0 Å². The summed E-state index contributed by atoms with van der Waals surface area (Å²) in [5, 5.41) is 0.804. The number of nitrogens with zero attached hydrogens (tertiary/aromatic N) is 1. The Balaban J connectivity index is 1.77. The Labute approximate surface area is 122 Å². The Kier molecular flexibility index (Phi) is 5.76. The highest BCUT2D eigenvalue weighted by Gasteiger charge is 2.17. The molecule has 0 radical (unpaired) electrons. The molecule has 1 aromatic carbocycles. The molecule has 1 aliphatic heterocycles. The second-order valence-corrected chi connectivity index (χ2v) is 5.73. The van der Waals surface area contributed by atoms with Crippen LogP contribution in [-0.4, -0.2) is 24.0 Å². The molecule has 102 valence electrons. The molecule has 0 spiro atoms. The number of likely N-dealkylation sites (tertiary alicyclic amines) is 1. The summed E-state index contributed by atoms with van der Waals surface area (Å²) in [6.45, 7) is 2.35. The van der Waals surface area contributed by atoms with E-state index in [2.05, 4.69) is 23.0 Å². The van der Waals surface area contributed by atoms with Gasteiger partial charge in [0.2, 0.25) is 0 Å². The number of hydrogen-bond donors (Lipinski definition) is 0. The minimum Gasteiger partial charge on any atom is -0.290 e. The first-order valence-corrected chi connectivity index (χ1v) is 7.62. The number of rotatable bonds is 5. The maximum absolute atomic E-state index is 5.89. The van der Waals surface area contributed by atoms with Crippen molar-refractivity contribution in [3.05, 3.63) is 34.9 Å². The number of terminal acetylenes is 1. The fourth-order valence-corrected chi connectivity index (χ4v) is 2.88. The molecular weight excluding hydrogens is 254 g/mol. The lowest BCUT2D eigenvalue weighted by molar-refractivity contribution is 0.187. The van der Waals surface area contributed by atoms with Gasteiger partial charge in [-0.2, -0.15) is 0 Å². The molecule has 0 aliphatic carbocycles. The van der Waals surface area contributed by atoms with E-state index in [0.717, 1.165) is 24.3 Å². The minimum absolute atomic E-state index is 0.326. The summed E-state index contributed by atoms with van der Waals surface area (Å²) in [4.78, 5) is 2.48. The van der Waals surface area contributed by atoms with Gasteiger partial charge in [0.15, 0.2) is 0 Å². The summed E-state index contributed by atoms with van der Waals surface area (Å²) in [5.74, 6) is 2.97. The van der Waals surface area contributed by atoms with Crippen LogP contribution in [0.15, 0.2) is 24.3 Å². The van der Waals surface area contributed by atoms with E-state index in [9.17, 15) is 0 Å². The van der Waals surface area contributed by atoms with Gasteiger partial charge >= 0.3 is 0 Å². The number of halogens is 1. The van der Waals surface area contributed by atoms with Crippen molar-refractivity contribution in [2.45, 2.75) is 44.6 Å². The van der Waals surface area contributed by atoms with Crippen molar-refractivity contribution in [1.82, 2.24) is 4.90 Å². The first-order chi connectivity index (χ1) is 9.29. The van der Waals surface area contributed by atoms with Crippen LogP contribution in [0.2, 0.25) is 5.02 Å². The standard InChI is InChI=1S/C17H22ClN/c1-2-17(19-13-4-3-5-14-19)8-6-7-15-9-11-16(18)12-10-15/h1,9-12,17H,3-8,13-14H2. The first kappa shape index (κ1) is 14.4. The predicted molar refractivity (Wildman–Crippen MR) is 82.4 cm³/mol. The van der Waals surface area contributed by atoms with Gasteiger partial charge in [-0.05, 0) is 62.9 Å².